The summed E-state index contributed by atoms with van der Waals surface area (Å²) in [4.78, 5) is 28.8. The highest BCUT2D eigenvalue weighted by atomic mass is 32.3. The smallest absolute Gasteiger partial charge is 0.318 e. The second-order valence-corrected chi connectivity index (χ2v) is 16.6. The fourth-order valence-corrected chi connectivity index (χ4v) is 7.57. The van der Waals surface area contributed by atoms with E-state index in [1.54, 1.807) is 18.7 Å². The van der Waals surface area contributed by atoms with Crippen molar-refractivity contribution in [3.8, 4) is 0 Å². The number of aliphatic hydroxyl groups is 1. The number of nitrogens with one attached hydrogen (secondary N) is 3. The topological polar surface area (TPSA) is 110 Å². The number of amides is 3. The van der Waals surface area contributed by atoms with Crippen LogP contribution in [0.3, 0.4) is 0 Å². The van der Waals surface area contributed by atoms with E-state index in [0.717, 1.165) is 36.1 Å². The van der Waals surface area contributed by atoms with Crippen LogP contribution in [0.15, 0.2) is 30.3 Å². The number of benzene rings is 1. The molecule has 0 radical (unpaired) electrons. The van der Waals surface area contributed by atoms with Gasteiger partial charge in [0.05, 0.1) is 34.2 Å². The van der Waals surface area contributed by atoms with Gasteiger partial charge in [0, 0.05) is 12.0 Å². The molecule has 2 aliphatic rings. The van der Waals surface area contributed by atoms with Crippen LogP contribution in [0, 0.1) is 0 Å². The molecule has 1 fully saturated rings. The Bertz CT molecular complexity index is 1130. The number of fused-ring (bicyclic) bond motifs is 1. The molecule has 0 saturated heterocycles. The number of nitrogens with zero attached hydrogens (tertiary/aromatic N) is 2. The summed E-state index contributed by atoms with van der Waals surface area (Å²) in [6.07, 6.45) is 9.87. The van der Waals surface area contributed by atoms with Crippen molar-refractivity contribution in [3.05, 3.63) is 47.2 Å². The molecule has 9 heteroatoms. The lowest BCUT2D eigenvalue weighted by atomic mass is 9.83. The van der Waals surface area contributed by atoms with Crippen molar-refractivity contribution < 1.29 is 14.7 Å². The summed E-state index contributed by atoms with van der Waals surface area (Å²) in [7, 11) is -1.09. The number of rotatable bonds is 7. The first kappa shape index (κ1) is 26.5. The largest absolute Gasteiger partial charge is 0.390 e. The molecule has 8 nitrogen and oxygen atoms in total. The summed E-state index contributed by atoms with van der Waals surface area (Å²) < 4.78 is -0.315. The van der Waals surface area contributed by atoms with Crippen LogP contribution in [0.2, 0.25) is 0 Å². The maximum atomic E-state index is 13.6. The molecule has 1 aliphatic carbocycles. The van der Waals surface area contributed by atoms with Gasteiger partial charge >= 0.3 is 6.03 Å². The molecule has 0 spiro atoms. The van der Waals surface area contributed by atoms with Crippen molar-refractivity contribution in [1.82, 2.24) is 20.4 Å². The van der Waals surface area contributed by atoms with Crippen molar-refractivity contribution >= 4 is 27.8 Å². The second-order valence-electron chi connectivity index (χ2n) is 12.1. The van der Waals surface area contributed by atoms with Gasteiger partial charge in [-0.25, -0.2) is 14.8 Å². The molecule has 36 heavy (non-hydrogen) atoms. The summed E-state index contributed by atoms with van der Waals surface area (Å²) in [6, 6.07) is 9.13. The van der Waals surface area contributed by atoms with Crippen LogP contribution in [0.1, 0.15) is 76.2 Å². The molecule has 1 aromatic carbocycles. The van der Waals surface area contributed by atoms with Crippen LogP contribution >= 0.6 is 10.0 Å². The number of hydrogen-bond donors (Lipinski definition) is 4. The Hall–Kier alpha value is -2.52. The fraction of sp³-hybridized carbons (Fsp3) is 0.593. The number of carbonyl (C=O) groups is 2. The SMILES string of the molecule is CC(C)(O)CC(NC(=O)N1Cc2c(NC(=O)C3(S(C)(C)C)CCC3)n[nH]c2C1(C)C)c1ccccc1. The van der Waals surface area contributed by atoms with Gasteiger partial charge in [0.2, 0.25) is 5.91 Å². The summed E-state index contributed by atoms with van der Waals surface area (Å²) >= 11 is 0. The van der Waals surface area contributed by atoms with Crippen molar-refractivity contribution in [2.24, 2.45) is 0 Å². The predicted molar refractivity (Wildman–Crippen MR) is 146 cm³/mol. The van der Waals surface area contributed by atoms with E-state index in [9.17, 15) is 14.7 Å². The Kier molecular flexibility index (Phi) is 6.71. The Morgan fingerprint density at radius 3 is 2.36 bits per heavy atom. The third-order valence-electron chi connectivity index (χ3n) is 7.90. The first-order valence-corrected chi connectivity index (χ1v) is 15.4. The number of aromatic nitrogens is 2. The molecule has 1 aliphatic heterocycles. The van der Waals surface area contributed by atoms with Crippen molar-refractivity contribution in [2.45, 2.75) is 81.9 Å². The third kappa shape index (κ3) is 4.75. The van der Waals surface area contributed by atoms with E-state index in [2.05, 4.69) is 39.6 Å². The number of anilines is 1. The third-order valence-corrected chi connectivity index (χ3v) is 10.8. The molecule has 2 aromatic rings. The zero-order valence-electron chi connectivity index (χ0n) is 22.6. The summed E-state index contributed by atoms with van der Waals surface area (Å²) in [5, 5.41) is 24.3. The van der Waals surface area contributed by atoms with E-state index < -0.39 is 21.2 Å². The molecule has 198 valence electrons. The first-order valence-electron chi connectivity index (χ1n) is 12.6. The molecular weight excluding hydrogens is 474 g/mol. The van der Waals surface area contributed by atoms with Crippen molar-refractivity contribution in [3.63, 3.8) is 0 Å². The number of hydrogen-bond acceptors (Lipinski definition) is 4. The highest BCUT2D eigenvalue weighted by Gasteiger charge is 2.51. The lowest BCUT2D eigenvalue weighted by Crippen LogP contribution is -2.51. The van der Waals surface area contributed by atoms with Gasteiger partial charge in [-0.3, -0.25) is 9.89 Å². The maximum absolute atomic E-state index is 13.6. The summed E-state index contributed by atoms with van der Waals surface area (Å²) in [5.74, 6) is 0.560. The Morgan fingerprint density at radius 2 is 1.83 bits per heavy atom. The normalized spacial score (nSPS) is 19.7. The minimum atomic E-state index is -1.09. The standard InChI is InChI=1S/C27H41N5O3S/c1-25(2,35)16-20(18-12-9-8-10-13-18)28-24(34)32-17-19-21(26(32,3)4)30-31-22(19)29-23(33)27(14-11-15-27)36(5,6)7/h8-10,12-13,20,35H,11,14-17H2,1-7H3,(H,28,34)(H2,29,30,31,33). The zero-order valence-corrected chi connectivity index (χ0v) is 23.4. The highest BCUT2D eigenvalue weighted by Crippen LogP contribution is 2.60. The van der Waals surface area contributed by atoms with Gasteiger partial charge in [-0.1, -0.05) is 30.3 Å². The number of carbonyl (C=O) groups excluding carboxylic acids is 2. The van der Waals surface area contributed by atoms with E-state index in [1.807, 2.05) is 44.2 Å². The van der Waals surface area contributed by atoms with Crippen LogP contribution in [0.5, 0.6) is 0 Å². The molecule has 4 N–H and O–H groups in total. The van der Waals surface area contributed by atoms with Gasteiger partial charge in [0.15, 0.2) is 5.82 Å². The Balaban J connectivity index is 1.54. The molecule has 1 atom stereocenters. The van der Waals surface area contributed by atoms with E-state index >= 15 is 0 Å². The molecule has 3 amide bonds. The lowest BCUT2D eigenvalue weighted by molar-refractivity contribution is -0.120. The van der Waals surface area contributed by atoms with Gasteiger partial charge in [0.25, 0.3) is 0 Å². The Morgan fingerprint density at radius 1 is 1.19 bits per heavy atom. The van der Waals surface area contributed by atoms with Gasteiger partial charge in [-0.05, 0) is 71.3 Å². The van der Waals surface area contributed by atoms with Crippen LogP contribution < -0.4 is 10.6 Å². The molecule has 1 unspecified atom stereocenters. The van der Waals surface area contributed by atoms with E-state index in [0.29, 0.717) is 18.8 Å². The van der Waals surface area contributed by atoms with Crippen LogP contribution in [-0.4, -0.2) is 61.3 Å². The van der Waals surface area contributed by atoms with Crippen LogP contribution in [0.4, 0.5) is 10.6 Å². The average Bonchev–Trinajstić information content (AvgIpc) is 3.23. The molecule has 1 saturated carbocycles. The highest BCUT2D eigenvalue weighted by molar-refractivity contribution is 8.33. The van der Waals surface area contributed by atoms with E-state index in [-0.39, 0.29) is 22.7 Å². The molecule has 1 aromatic heterocycles. The van der Waals surface area contributed by atoms with E-state index in [4.69, 9.17) is 0 Å². The quantitative estimate of drug-likeness (QED) is 0.431. The van der Waals surface area contributed by atoms with Crippen molar-refractivity contribution in [2.75, 3.05) is 24.1 Å². The summed E-state index contributed by atoms with van der Waals surface area (Å²) in [6.45, 7) is 7.77. The number of H-pyrrole nitrogens is 1. The minimum absolute atomic E-state index is 0.0422. The second kappa shape index (κ2) is 9.10. The van der Waals surface area contributed by atoms with Gasteiger partial charge in [-0.15, -0.1) is 0 Å². The summed E-state index contributed by atoms with van der Waals surface area (Å²) in [5.41, 5.74) is 1.02. The predicted octanol–water partition coefficient (Wildman–Crippen LogP) is 4.63. The monoisotopic (exact) mass is 515 g/mol. The van der Waals surface area contributed by atoms with Gasteiger partial charge in [-0.2, -0.15) is 5.10 Å². The number of urea groups is 1. The van der Waals surface area contributed by atoms with Crippen molar-refractivity contribution in [1.29, 1.82) is 0 Å². The molecule has 4 rings (SSSR count). The fourth-order valence-electron chi connectivity index (χ4n) is 5.45. The maximum Gasteiger partial charge on any atom is 0.318 e. The van der Waals surface area contributed by atoms with Gasteiger partial charge < -0.3 is 20.6 Å². The zero-order chi connectivity index (χ0) is 26.5. The first-order chi connectivity index (χ1) is 16.7. The number of aromatic amines is 1. The van der Waals surface area contributed by atoms with Gasteiger partial charge in [0.1, 0.15) is 0 Å². The average molecular weight is 516 g/mol. The molecule has 0 bridgehead atoms. The van der Waals surface area contributed by atoms with E-state index in [1.165, 1.54) is 0 Å². The van der Waals surface area contributed by atoms with Crippen LogP contribution in [-0.2, 0) is 16.9 Å². The minimum Gasteiger partial charge on any atom is -0.390 e. The lowest BCUT2D eigenvalue weighted by Gasteiger charge is -2.53. The molecular formula is C27H41N5O3S. The molecule has 2 heterocycles. The van der Waals surface area contributed by atoms with Crippen LogP contribution in [0.25, 0.3) is 0 Å². The Labute approximate surface area is 215 Å².